The van der Waals surface area contributed by atoms with Crippen molar-refractivity contribution in [3.63, 3.8) is 0 Å². The molecule has 2 rings (SSSR count). The summed E-state index contributed by atoms with van der Waals surface area (Å²) < 4.78 is 5.33. The number of nitrogens with zero attached hydrogens (tertiary/aromatic N) is 3. The molecule has 2 heterocycles. The molecule has 0 N–H and O–H groups in total. The van der Waals surface area contributed by atoms with Crippen LogP contribution in [0.5, 0.6) is 0 Å². The summed E-state index contributed by atoms with van der Waals surface area (Å²) in [5.41, 5.74) is -0.453. The van der Waals surface area contributed by atoms with Crippen LogP contribution in [-0.4, -0.2) is 47.8 Å². The van der Waals surface area contributed by atoms with Gasteiger partial charge in [-0.05, 0) is 20.8 Å². The lowest BCUT2D eigenvalue weighted by Crippen LogP contribution is -2.37. The van der Waals surface area contributed by atoms with Gasteiger partial charge in [0.25, 0.3) is 0 Å². The van der Waals surface area contributed by atoms with Gasteiger partial charge in [0, 0.05) is 38.0 Å². The van der Waals surface area contributed by atoms with Crippen LogP contribution in [0.25, 0.3) is 0 Å². The van der Waals surface area contributed by atoms with Gasteiger partial charge in [-0.1, -0.05) is 0 Å². The smallest absolute Gasteiger partial charge is 0.410 e. The van der Waals surface area contributed by atoms with Crippen LogP contribution in [-0.2, 0) is 4.74 Å². The summed E-state index contributed by atoms with van der Waals surface area (Å²) in [5.74, 6) is 0.723. The molecule has 0 bridgehead atoms. The Kier molecular flexibility index (Phi) is 2.97. The third kappa shape index (κ3) is 2.68. The molecule has 2 fully saturated rings. The number of likely N-dealkylation sites (tertiary alicyclic amines) is 1. The quantitative estimate of drug-likeness (QED) is 0.652. The molecule has 6 nitrogen and oxygen atoms in total. The van der Waals surface area contributed by atoms with E-state index in [1.807, 2.05) is 20.8 Å². The van der Waals surface area contributed by atoms with Crippen LogP contribution in [0.15, 0.2) is 5.29 Å². The van der Waals surface area contributed by atoms with Crippen LogP contribution >= 0.6 is 0 Å². The van der Waals surface area contributed by atoms with Gasteiger partial charge < -0.3 is 9.64 Å². The van der Waals surface area contributed by atoms with Crippen LogP contribution in [0.4, 0.5) is 4.79 Å². The largest absolute Gasteiger partial charge is 0.444 e. The minimum atomic E-state index is -0.453. The van der Waals surface area contributed by atoms with E-state index in [0.717, 1.165) is 0 Å². The maximum atomic E-state index is 11.8. The van der Waals surface area contributed by atoms with Gasteiger partial charge in [0.05, 0.1) is 5.29 Å². The number of nitroso groups, excluding NO2 is 1. The number of hydrogen-bond acceptors (Lipinski definition) is 4. The van der Waals surface area contributed by atoms with Gasteiger partial charge in [-0.3, -0.25) is 5.01 Å². The molecule has 0 spiro atoms. The Morgan fingerprint density at radius 2 is 1.71 bits per heavy atom. The van der Waals surface area contributed by atoms with E-state index in [0.29, 0.717) is 38.0 Å². The van der Waals surface area contributed by atoms with Gasteiger partial charge >= 0.3 is 6.09 Å². The van der Waals surface area contributed by atoms with Crippen LogP contribution in [0, 0.1) is 16.7 Å². The average Bonchev–Trinajstić information content (AvgIpc) is 2.70. The topological polar surface area (TPSA) is 62.2 Å². The van der Waals surface area contributed by atoms with E-state index in [1.54, 1.807) is 9.91 Å². The van der Waals surface area contributed by atoms with Crippen LogP contribution in [0.1, 0.15) is 20.8 Å². The molecule has 2 aliphatic rings. The molecule has 0 aliphatic carbocycles. The van der Waals surface area contributed by atoms with Gasteiger partial charge in [-0.25, -0.2) is 4.79 Å². The molecule has 0 aromatic heterocycles. The highest BCUT2D eigenvalue weighted by Crippen LogP contribution is 2.31. The Labute approximate surface area is 101 Å². The van der Waals surface area contributed by atoms with Crippen LogP contribution < -0.4 is 0 Å². The predicted molar refractivity (Wildman–Crippen MR) is 62.2 cm³/mol. The van der Waals surface area contributed by atoms with E-state index >= 15 is 0 Å². The van der Waals surface area contributed by atoms with Crippen molar-refractivity contribution >= 4 is 6.09 Å². The Bertz CT molecular complexity index is 312. The monoisotopic (exact) mass is 241 g/mol. The zero-order chi connectivity index (χ0) is 12.6. The second kappa shape index (κ2) is 4.16. The van der Waals surface area contributed by atoms with Gasteiger partial charge in [0.2, 0.25) is 0 Å². The van der Waals surface area contributed by atoms with Crippen LogP contribution in [0.2, 0.25) is 0 Å². The summed E-state index contributed by atoms with van der Waals surface area (Å²) >= 11 is 0. The minimum absolute atomic E-state index is 0.252. The van der Waals surface area contributed by atoms with Crippen molar-refractivity contribution in [1.82, 2.24) is 9.91 Å². The maximum Gasteiger partial charge on any atom is 0.410 e. The Balaban J connectivity index is 1.88. The highest BCUT2D eigenvalue weighted by Gasteiger charge is 2.42. The summed E-state index contributed by atoms with van der Waals surface area (Å²) in [4.78, 5) is 24.0. The number of carbonyl (C=O) groups is 1. The summed E-state index contributed by atoms with van der Waals surface area (Å²) in [6, 6.07) is 0. The first-order valence-corrected chi connectivity index (χ1v) is 5.95. The molecule has 2 saturated heterocycles. The fraction of sp³-hybridized carbons (Fsp3) is 0.909. The SMILES string of the molecule is CC(C)(C)OC(=O)N1CC2CN(N=O)CC2C1. The summed E-state index contributed by atoms with van der Waals surface area (Å²) in [7, 11) is 0. The lowest BCUT2D eigenvalue weighted by atomic mass is 10.0. The minimum Gasteiger partial charge on any atom is -0.444 e. The Hall–Kier alpha value is -1.33. The van der Waals surface area contributed by atoms with E-state index in [-0.39, 0.29) is 6.09 Å². The van der Waals surface area contributed by atoms with Crippen molar-refractivity contribution in [3.05, 3.63) is 4.91 Å². The normalized spacial score (nSPS) is 28.2. The fourth-order valence-corrected chi connectivity index (χ4v) is 2.51. The Morgan fingerprint density at radius 3 is 2.12 bits per heavy atom. The molecule has 2 atom stereocenters. The zero-order valence-electron chi connectivity index (χ0n) is 10.5. The standard InChI is InChI=1S/C11H19N3O3/c1-11(2,3)17-10(15)13-4-8-6-14(12-16)7-9(8)5-13/h8-9H,4-7H2,1-3H3. The predicted octanol–water partition coefficient (Wildman–Crippen LogP) is 1.47. The second-order valence-electron chi connectivity index (χ2n) is 5.86. The number of rotatable bonds is 1. The Morgan fingerprint density at radius 1 is 1.18 bits per heavy atom. The number of fused-ring (bicyclic) bond motifs is 1. The fourth-order valence-electron chi connectivity index (χ4n) is 2.51. The number of ether oxygens (including phenoxy) is 1. The molecule has 2 aliphatic heterocycles. The molecule has 0 saturated carbocycles. The molecule has 17 heavy (non-hydrogen) atoms. The molecule has 0 radical (unpaired) electrons. The van der Waals surface area contributed by atoms with Crippen molar-refractivity contribution in [2.75, 3.05) is 26.2 Å². The first-order chi connectivity index (χ1) is 7.89. The lowest BCUT2D eigenvalue weighted by molar-refractivity contribution is 0.0274. The van der Waals surface area contributed by atoms with Crippen molar-refractivity contribution in [1.29, 1.82) is 0 Å². The van der Waals surface area contributed by atoms with Gasteiger partial charge in [-0.2, -0.15) is 0 Å². The third-order valence-electron chi connectivity index (χ3n) is 3.23. The highest BCUT2D eigenvalue weighted by atomic mass is 16.6. The number of amides is 1. The van der Waals surface area contributed by atoms with Crippen molar-refractivity contribution < 1.29 is 9.53 Å². The molecular formula is C11H19N3O3. The van der Waals surface area contributed by atoms with Gasteiger partial charge in [0.1, 0.15) is 5.60 Å². The van der Waals surface area contributed by atoms with E-state index in [1.165, 1.54) is 0 Å². The van der Waals surface area contributed by atoms with Crippen molar-refractivity contribution in [2.45, 2.75) is 26.4 Å². The average molecular weight is 241 g/mol. The number of carbonyl (C=O) groups excluding carboxylic acids is 1. The molecule has 96 valence electrons. The molecule has 2 unspecified atom stereocenters. The molecule has 6 heteroatoms. The summed E-state index contributed by atoms with van der Waals surface area (Å²) in [6.07, 6.45) is -0.252. The molecule has 1 amide bonds. The molecular weight excluding hydrogens is 222 g/mol. The van der Waals surface area contributed by atoms with E-state index in [9.17, 15) is 9.70 Å². The first kappa shape index (κ1) is 12.1. The lowest BCUT2D eigenvalue weighted by Gasteiger charge is -2.25. The zero-order valence-corrected chi connectivity index (χ0v) is 10.5. The van der Waals surface area contributed by atoms with Crippen LogP contribution in [0.3, 0.4) is 0 Å². The van der Waals surface area contributed by atoms with Gasteiger partial charge in [-0.15, -0.1) is 4.91 Å². The van der Waals surface area contributed by atoms with E-state index in [4.69, 9.17) is 4.74 Å². The van der Waals surface area contributed by atoms with Crippen molar-refractivity contribution in [2.24, 2.45) is 17.1 Å². The second-order valence-corrected chi connectivity index (χ2v) is 5.86. The first-order valence-electron chi connectivity index (χ1n) is 5.95. The van der Waals surface area contributed by atoms with Gasteiger partial charge in [0.15, 0.2) is 0 Å². The third-order valence-corrected chi connectivity index (χ3v) is 3.23. The maximum absolute atomic E-state index is 11.8. The summed E-state index contributed by atoms with van der Waals surface area (Å²) in [6.45, 7) is 8.25. The molecule has 0 aromatic rings. The van der Waals surface area contributed by atoms with Crippen molar-refractivity contribution in [3.8, 4) is 0 Å². The highest BCUT2D eigenvalue weighted by molar-refractivity contribution is 5.68. The summed E-state index contributed by atoms with van der Waals surface area (Å²) in [5, 5.41) is 4.49. The van der Waals surface area contributed by atoms with E-state index in [2.05, 4.69) is 5.29 Å². The van der Waals surface area contributed by atoms with E-state index < -0.39 is 5.60 Å². The molecule has 0 aromatic carbocycles. The number of hydrogen-bond donors (Lipinski definition) is 0.